The van der Waals surface area contributed by atoms with Crippen LogP contribution in [0.15, 0.2) is 48.5 Å². The highest BCUT2D eigenvalue weighted by Crippen LogP contribution is 2.17. The number of halogens is 1. The van der Waals surface area contributed by atoms with Gasteiger partial charge in [-0.2, -0.15) is 0 Å². The molecule has 29 heavy (non-hydrogen) atoms. The molecule has 2 amide bonds. The van der Waals surface area contributed by atoms with E-state index in [0.717, 1.165) is 6.26 Å². The maximum absolute atomic E-state index is 13.8. The Balaban J connectivity index is 1.53. The number of carbonyl (C=O) groups is 2. The number of piperidine rings is 1. The highest BCUT2D eigenvalue weighted by atomic mass is 32.2. The zero-order chi connectivity index (χ0) is 21.0. The number of hydrogen-bond donors (Lipinski definition) is 2. The molecule has 0 bridgehead atoms. The van der Waals surface area contributed by atoms with E-state index in [2.05, 4.69) is 10.0 Å². The number of likely N-dealkylation sites (tertiary alicyclic amines) is 1. The summed E-state index contributed by atoms with van der Waals surface area (Å²) < 4.78 is 38.6. The van der Waals surface area contributed by atoms with Crippen LogP contribution in [0.2, 0.25) is 0 Å². The van der Waals surface area contributed by atoms with Crippen LogP contribution in [0, 0.1) is 5.82 Å². The fourth-order valence-electron chi connectivity index (χ4n) is 3.20. The number of amides is 2. The van der Waals surface area contributed by atoms with Gasteiger partial charge >= 0.3 is 0 Å². The number of carbonyl (C=O) groups excluding carboxylic acids is 2. The molecule has 0 unspecified atom stereocenters. The Hall–Kier alpha value is -2.94. The van der Waals surface area contributed by atoms with Gasteiger partial charge in [-0.15, -0.1) is 0 Å². The molecule has 0 saturated carbocycles. The predicted molar refractivity (Wildman–Crippen MR) is 108 cm³/mol. The Labute approximate surface area is 169 Å². The van der Waals surface area contributed by atoms with Crippen molar-refractivity contribution in [3.05, 3.63) is 65.5 Å². The molecule has 1 heterocycles. The van der Waals surface area contributed by atoms with Gasteiger partial charge in [-0.25, -0.2) is 12.8 Å². The highest BCUT2D eigenvalue weighted by Gasteiger charge is 2.26. The monoisotopic (exact) mass is 419 g/mol. The molecule has 0 aromatic heterocycles. The lowest BCUT2D eigenvalue weighted by Gasteiger charge is -2.32. The molecule has 1 aliphatic heterocycles. The summed E-state index contributed by atoms with van der Waals surface area (Å²) in [5.74, 6) is -1.15. The first-order valence-corrected chi connectivity index (χ1v) is 11.0. The van der Waals surface area contributed by atoms with Gasteiger partial charge < -0.3 is 10.2 Å². The van der Waals surface area contributed by atoms with Gasteiger partial charge in [0.15, 0.2) is 0 Å². The molecule has 0 aliphatic carbocycles. The molecule has 2 N–H and O–H groups in total. The van der Waals surface area contributed by atoms with E-state index in [1.54, 1.807) is 23.1 Å². The SMILES string of the molecule is CS(=O)(=O)Nc1ccc(C(=O)NC2CCN(C(=O)c3ccccc3F)CC2)cc1. The van der Waals surface area contributed by atoms with Gasteiger partial charge in [0.2, 0.25) is 10.0 Å². The van der Waals surface area contributed by atoms with E-state index >= 15 is 0 Å². The standard InChI is InChI=1S/C20H22FN3O4S/c1-29(27,28)23-16-8-6-14(7-9-16)19(25)22-15-10-12-24(13-11-15)20(26)17-4-2-3-5-18(17)21/h2-9,15,23H,10-13H2,1H3,(H,22,25). The molecule has 1 fully saturated rings. The summed E-state index contributed by atoms with van der Waals surface area (Å²) in [6, 6.07) is 11.9. The fraction of sp³-hybridized carbons (Fsp3) is 0.300. The van der Waals surface area contributed by atoms with Crippen LogP contribution in [-0.4, -0.2) is 50.5 Å². The minimum absolute atomic E-state index is 0.0535. The van der Waals surface area contributed by atoms with Crippen molar-refractivity contribution >= 4 is 27.5 Å². The van der Waals surface area contributed by atoms with E-state index in [1.807, 2.05) is 0 Å². The molecule has 2 aromatic carbocycles. The fourth-order valence-corrected chi connectivity index (χ4v) is 3.77. The van der Waals surface area contributed by atoms with Crippen LogP contribution in [0.5, 0.6) is 0 Å². The van der Waals surface area contributed by atoms with Crippen molar-refractivity contribution in [1.82, 2.24) is 10.2 Å². The summed E-state index contributed by atoms with van der Waals surface area (Å²) >= 11 is 0. The Bertz CT molecular complexity index is 1000. The van der Waals surface area contributed by atoms with E-state index in [-0.39, 0.29) is 23.4 Å². The minimum atomic E-state index is -3.37. The molecule has 1 aliphatic rings. The van der Waals surface area contributed by atoms with Crippen LogP contribution >= 0.6 is 0 Å². The van der Waals surface area contributed by atoms with Crippen molar-refractivity contribution in [2.75, 3.05) is 24.1 Å². The van der Waals surface area contributed by atoms with E-state index < -0.39 is 15.8 Å². The molecule has 0 atom stereocenters. The summed E-state index contributed by atoms with van der Waals surface area (Å²) in [5.41, 5.74) is 0.843. The molecule has 0 radical (unpaired) electrons. The number of nitrogens with one attached hydrogen (secondary N) is 2. The average Bonchev–Trinajstić information content (AvgIpc) is 2.68. The van der Waals surface area contributed by atoms with Crippen LogP contribution in [0.4, 0.5) is 10.1 Å². The van der Waals surface area contributed by atoms with E-state index in [0.29, 0.717) is 37.2 Å². The summed E-state index contributed by atoms with van der Waals surface area (Å²) in [4.78, 5) is 26.5. The first-order valence-electron chi connectivity index (χ1n) is 9.15. The first-order chi connectivity index (χ1) is 13.7. The Morgan fingerprint density at radius 3 is 2.24 bits per heavy atom. The normalized spacial score (nSPS) is 15.0. The molecular weight excluding hydrogens is 397 g/mol. The van der Waals surface area contributed by atoms with Crippen molar-refractivity contribution in [1.29, 1.82) is 0 Å². The second-order valence-corrected chi connectivity index (χ2v) is 8.72. The van der Waals surface area contributed by atoms with Crippen molar-refractivity contribution in [2.45, 2.75) is 18.9 Å². The van der Waals surface area contributed by atoms with Crippen molar-refractivity contribution in [3.63, 3.8) is 0 Å². The Kier molecular flexibility index (Phi) is 6.17. The molecule has 1 saturated heterocycles. The van der Waals surface area contributed by atoms with Crippen LogP contribution in [0.25, 0.3) is 0 Å². The zero-order valence-corrected chi connectivity index (χ0v) is 16.7. The van der Waals surface area contributed by atoms with Crippen molar-refractivity contribution in [3.8, 4) is 0 Å². The minimum Gasteiger partial charge on any atom is -0.349 e. The number of nitrogens with zero attached hydrogens (tertiary/aromatic N) is 1. The maximum Gasteiger partial charge on any atom is 0.256 e. The van der Waals surface area contributed by atoms with Gasteiger partial charge in [-0.3, -0.25) is 14.3 Å². The maximum atomic E-state index is 13.8. The van der Waals surface area contributed by atoms with Crippen LogP contribution in [0.3, 0.4) is 0 Å². The first kappa shape index (κ1) is 20.8. The number of sulfonamides is 1. The van der Waals surface area contributed by atoms with Gasteiger partial charge in [-0.1, -0.05) is 12.1 Å². The number of hydrogen-bond acceptors (Lipinski definition) is 4. The molecule has 3 rings (SSSR count). The predicted octanol–water partition coefficient (Wildman–Crippen LogP) is 2.23. The average molecular weight is 419 g/mol. The molecule has 9 heteroatoms. The van der Waals surface area contributed by atoms with E-state index in [9.17, 15) is 22.4 Å². The summed E-state index contributed by atoms with van der Waals surface area (Å²) in [6.45, 7) is 0.852. The quantitative estimate of drug-likeness (QED) is 0.777. The van der Waals surface area contributed by atoms with Crippen molar-refractivity contribution in [2.24, 2.45) is 0 Å². The lowest BCUT2D eigenvalue weighted by Crippen LogP contribution is -2.46. The molecule has 7 nitrogen and oxygen atoms in total. The molecule has 154 valence electrons. The molecular formula is C20H22FN3O4S. The van der Waals surface area contributed by atoms with Gasteiger partial charge in [-0.05, 0) is 49.2 Å². The summed E-state index contributed by atoms with van der Waals surface area (Å²) in [5, 5.41) is 2.92. The number of anilines is 1. The largest absolute Gasteiger partial charge is 0.349 e. The number of benzene rings is 2. The zero-order valence-electron chi connectivity index (χ0n) is 15.9. The van der Waals surface area contributed by atoms with Crippen LogP contribution < -0.4 is 10.0 Å². The van der Waals surface area contributed by atoms with Gasteiger partial charge in [0.25, 0.3) is 11.8 Å². The van der Waals surface area contributed by atoms with Gasteiger partial charge in [0.1, 0.15) is 5.82 Å². The second-order valence-electron chi connectivity index (χ2n) is 6.97. The van der Waals surface area contributed by atoms with Gasteiger partial charge in [0, 0.05) is 30.4 Å². The third-order valence-corrected chi connectivity index (χ3v) is 5.28. The number of rotatable bonds is 5. The van der Waals surface area contributed by atoms with Crippen molar-refractivity contribution < 1.29 is 22.4 Å². The topological polar surface area (TPSA) is 95.6 Å². The third kappa shape index (κ3) is 5.54. The lowest BCUT2D eigenvalue weighted by atomic mass is 10.0. The highest BCUT2D eigenvalue weighted by molar-refractivity contribution is 7.92. The summed E-state index contributed by atoms with van der Waals surface area (Å²) in [7, 11) is -3.37. The third-order valence-electron chi connectivity index (χ3n) is 4.67. The Morgan fingerprint density at radius 1 is 1.03 bits per heavy atom. The smallest absolute Gasteiger partial charge is 0.256 e. The second kappa shape index (κ2) is 8.60. The summed E-state index contributed by atoms with van der Waals surface area (Å²) in [6.07, 6.45) is 2.19. The van der Waals surface area contributed by atoms with Crippen LogP contribution in [-0.2, 0) is 10.0 Å². The van der Waals surface area contributed by atoms with E-state index in [1.165, 1.54) is 30.3 Å². The molecule has 2 aromatic rings. The van der Waals surface area contributed by atoms with Gasteiger partial charge in [0.05, 0.1) is 11.8 Å². The molecule has 0 spiro atoms. The Morgan fingerprint density at radius 2 is 1.66 bits per heavy atom. The van der Waals surface area contributed by atoms with E-state index in [4.69, 9.17) is 0 Å². The van der Waals surface area contributed by atoms with Crippen LogP contribution in [0.1, 0.15) is 33.6 Å². The lowest BCUT2D eigenvalue weighted by molar-refractivity contribution is 0.0693.